The van der Waals surface area contributed by atoms with Gasteiger partial charge in [0.05, 0.1) is 22.0 Å². The van der Waals surface area contributed by atoms with Crippen LogP contribution in [-0.2, 0) is 35.3 Å². The van der Waals surface area contributed by atoms with E-state index in [0.717, 1.165) is 17.4 Å². The lowest BCUT2D eigenvalue weighted by Crippen LogP contribution is -2.40. The third-order valence-corrected chi connectivity index (χ3v) is 9.89. The largest absolute Gasteiger partial charge is 0.459 e. The zero-order valence-corrected chi connectivity index (χ0v) is 26.6. The van der Waals surface area contributed by atoms with E-state index in [1.54, 1.807) is 84.2 Å². The third kappa shape index (κ3) is 11.5. The van der Waals surface area contributed by atoms with Crippen molar-refractivity contribution in [3.05, 3.63) is 144 Å². The second kappa shape index (κ2) is 17.1. The number of thioether (sulfide) groups is 2. The topological polar surface area (TPSA) is 96.0 Å². The molecule has 0 aromatic heterocycles. The molecule has 4 aromatic rings. The van der Waals surface area contributed by atoms with E-state index in [9.17, 15) is 18.0 Å². The van der Waals surface area contributed by atoms with Gasteiger partial charge in [-0.2, -0.15) is 8.42 Å². The van der Waals surface area contributed by atoms with E-state index in [1.807, 2.05) is 60.7 Å². The first-order valence-electron chi connectivity index (χ1n) is 13.9. The Balaban J connectivity index is 1.60. The Kier molecular flexibility index (Phi) is 12.9. The minimum absolute atomic E-state index is 0.139. The van der Waals surface area contributed by atoms with Crippen LogP contribution in [0.5, 0.6) is 0 Å². The van der Waals surface area contributed by atoms with E-state index in [1.165, 1.54) is 0 Å². The number of carbonyl (C=O) groups is 2. The number of hydrogen-bond acceptors (Lipinski definition) is 9. The van der Waals surface area contributed by atoms with Crippen LogP contribution in [0.4, 0.5) is 0 Å². The zero-order valence-electron chi connectivity index (χ0n) is 24.2. The Bertz CT molecular complexity index is 1510. The summed E-state index contributed by atoms with van der Waals surface area (Å²) in [5.74, 6) is 0.0989. The molecule has 44 heavy (non-hydrogen) atoms. The molecule has 0 unspecified atom stereocenters. The molecule has 4 aromatic carbocycles. The molecule has 10 heteroatoms. The summed E-state index contributed by atoms with van der Waals surface area (Å²) in [6, 6.07) is 36.8. The SMILES string of the molecule is CS(=O)(=O)O[C@@H](COC(=O)c1ccccc1)[C@H](CC(SCc1ccccc1)SCc1ccccc1)OC(=O)c1ccccc1. The maximum Gasteiger partial charge on any atom is 0.338 e. The van der Waals surface area contributed by atoms with Crippen molar-refractivity contribution < 1.29 is 31.7 Å². The van der Waals surface area contributed by atoms with Crippen LogP contribution in [0.2, 0.25) is 0 Å². The van der Waals surface area contributed by atoms with Gasteiger partial charge in [0.2, 0.25) is 0 Å². The van der Waals surface area contributed by atoms with Crippen LogP contribution in [-0.4, -0.2) is 50.0 Å². The lowest BCUT2D eigenvalue weighted by Gasteiger charge is -2.29. The van der Waals surface area contributed by atoms with Crippen molar-refractivity contribution in [1.29, 1.82) is 0 Å². The van der Waals surface area contributed by atoms with Crippen molar-refractivity contribution in [3.63, 3.8) is 0 Å². The second-order valence-corrected chi connectivity index (χ2v) is 14.2. The predicted octanol–water partition coefficient (Wildman–Crippen LogP) is 7.00. The number of hydrogen-bond donors (Lipinski definition) is 0. The van der Waals surface area contributed by atoms with Gasteiger partial charge in [-0.1, -0.05) is 97.1 Å². The smallest absolute Gasteiger partial charge is 0.338 e. The Morgan fingerprint density at radius 2 is 1.07 bits per heavy atom. The van der Waals surface area contributed by atoms with Crippen LogP contribution in [0.3, 0.4) is 0 Å². The van der Waals surface area contributed by atoms with Crippen LogP contribution < -0.4 is 0 Å². The van der Waals surface area contributed by atoms with Gasteiger partial charge in [0.25, 0.3) is 10.1 Å². The predicted molar refractivity (Wildman–Crippen MR) is 176 cm³/mol. The van der Waals surface area contributed by atoms with E-state index >= 15 is 0 Å². The lowest BCUT2D eigenvalue weighted by molar-refractivity contribution is -0.0327. The first kappa shape index (κ1) is 33.3. The van der Waals surface area contributed by atoms with Crippen molar-refractivity contribution >= 4 is 45.6 Å². The second-order valence-electron chi connectivity index (χ2n) is 9.87. The molecule has 0 N–H and O–H groups in total. The first-order chi connectivity index (χ1) is 21.3. The number of rotatable bonds is 16. The highest BCUT2D eigenvalue weighted by molar-refractivity contribution is 8.16. The Labute approximate surface area is 267 Å². The Morgan fingerprint density at radius 1 is 0.636 bits per heavy atom. The Hall–Kier alpha value is -3.57. The average Bonchev–Trinajstić information content (AvgIpc) is 3.05. The fraction of sp³-hybridized carbons (Fsp3) is 0.235. The third-order valence-electron chi connectivity index (χ3n) is 6.35. The zero-order chi connectivity index (χ0) is 31.2. The van der Waals surface area contributed by atoms with Crippen molar-refractivity contribution in [1.82, 2.24) is 0 Å². The molecular weight excluding hydrogens is 617 g/mol. The molecule has 0 spiro atoms. The lowest BCUT2D eigenvalue weighted by atomic mass is 10.1. The van der Waals surface area contributed by atoms with E-state index in [4.69, 9.17) is 13.7 Å². The fourth-order valence-electron chi connectivity index (χ4n) is 4.19. The molecule has 4 rings (SSSR count). The van der Waals surface area contributed by atoms with Gasteiger partial charge in [-0.3, -0.25) is 4.18 Å². The summed E-state index contributed by atoms with van der Waals surface area (Å²) in [6.45, 7) is -0.438. The summed E-state index contributed by atoms with van der Waals surface area (Å²) in [5, 5.41) is 0. The van der Waals surface area contributed by atoms with Gasteiger partial charge in [0.1, 0.15) is 18.8 Å². The van der Waals surface area contributed by atoms with E-state index < -0.39 is 40.9 Å². The van der Waals surface area contributed by atoms with Crippen LogP contribution in [0, 0.1) is 0 Å². The van der Waals surface area contributed by atoms with Crippen molar-refractivity contribution in [2.24, 2.45) is 0 Å². The molecule has 0 radical (unpaired) electrons. The summed E-state index contributed by atoms with van der Waals surface area (Å²) in [4.78, 5) is 26.1. The van der Waals surface area contributed by atoms with Crippen molar-refractivity contribution in [3.8, 4) is 0 Å². The summed E-state index contributed by atoms with van der Waals surface area (Å²) in [5.41, 5.74) is 2.86. The molecule has 0 aliphatic heterocycles. The minimum Gasteiger partial charge on any atom is -0.459 e. The summed E-state index contributed by atoms with van der Waals surface area (Å²) in [6.07, 6.45) is -1.18. The molecule has 0 heterocycles. The number of ether oxygens (including phenoxy) is 2. The Morgan fingerprint density at radius 3 is 1.52 bits per heavy atom. The van der Waals surface area contributed by atoms with Gasteiger partial charge in [-0.05, 0) is 35.4 Å². The molecule has 0 aliphatic rings. The monoisotopic (exact) mass is 650 g/mol. The molecule has 0 saturated heterocycles. The van der Waals surface area contributed by atoms with Crippen LogP contribution in [0.15, 0.2) is 121 Å². The summed E-state index contributed by atoms with van der Waals surface area (Å²) < 4.78 is 41.6. The minimum atomic E-state index is -4.02. The molecule has 2 atom stereocenters. The first-order valence-corrected chi connectivity index (χ1v) is 17.9. The van der Waals surface area contributed by atoms with Crippen LogP contribution >= 0.6 is 23.5 Å². The number of carbonyl (C=O) groups excluding carboxylic acids is 2. The molecule has 0 saturated carbocycles. The van der Waals surface area contributed by atoms with Gasteiger partial charge >= 0.3 is 11.9 Å². The highest BCUT2D eigenvalue weighted by Gasteiger charge is 2.34. The van der Waals surface area contributed by atoms with E-state index in [2.05, 4.69) is 0 Å². The van der Waals surface area contributed by atoms with Crippen LogP contribution in [0.1, 0.15) is 38.3 Å². The quantitative estimate of drug-likeness (QED) is 0.0722. The molecule has 0 fully saturated rings. The molecule has 230 valence electrons. The van der Waals surface area contributed by atoms with Gasteiger partial charge in [0, 0.05) is 17.9 Å². The highest BCUT2D eigenvalue weighted by Crippen LogP contribution is 2.35. The van der Waals surface area contributed by atoms with Crippen LogP contribution in [0.25, 0.3) is 0 Å². The molecular formula is C34H34O7S3. The van der Waals surface area contributed by atoms with Gasteiger partial charge in [-0.15, -0.1) is 23.5 Å². The standard InChI is InChI=1S/C34H34O7S3/c1-44(37,38)41-31(23-39-33(35)28-18-10-4-11-19-28)30(40-34(36)29-20-12-5-13-21-29)22-32(42-24-26-14-6-2-7-15-26)43-25-27-16-8-3-9-17-27/h2-21,30-32H,22-25H2,1H3/t30-,31-/m0/s1. The fourth-order valence-corrected chi connectivity index (χ4v) is 7.41. The highest BCUT2D eigenvalue weighted by atomic mass is 32.2. The van der Waals surface area contributed by atoms with E-state index in [-0.39, 0.29) is 11.0 Å². The molecule has 0 aliphatic carbocycles. The van der Waals surface area contributed by atoms with Crippen molar-refractivity contribution in [2.45, 2.75) is 34.7 Å². The maximum atomic E-state index is 13.3. The van der Waals surface area contributed by atoms with Gasteiger partial charge < -0.3 is 9.47 Å². The summed E-state index contributed by atoms with van der Waals surface area (Å²) >= 11 is 3.32. The molecule has 7 nitrogen and oxygen atoms in total. The normalized spacial score (nSPS) is 12.8. The van der Waals surface area contributed by atoms with E-state index in [0.29, 0.717) is 22.6 Å². The molecule has 0 amide bonds. The maximum absolute atomic E-state index is 13.3. The molecule has 0 bridgehead atoms. The average molecular weight is 651 g/mol. The summed E-state index contributed by atoms with van der Waals surface area (Å²) in [7, 11) is -4.02. The van der Waals surface area contributed by atoms with Gasteiger partial charge in [-0.25, -0.2) is 9.59 Å². The number of benzene rings is 4. The number of esters is 2. The van der Waals surface area contributed by atoms with Crippen molar-refractivity contribution in [2.75, 3.05) is 12.9 Å². The van der Waals surface area contributed by atoms with Gasteiger partial charge in [0.15, 0.2) is 0 Å².